The summed E-state index contributed by atoms with van der Waals surface area (Å²) in [6, 6.07) is 3.22. The monoisotopic (exact) mass is 301 g/mol. The number of nitrogens with one attached hydrogen (secondary N) is 1. The molecule has 0 atom stereocenters. The molecule has 1 aromatic rings. The van der Waals surface area contributed by atoms with Crippen molar-refractivity contribution < 1.29 is 9.50 Å². The summed E-state index contributed by atoms with van der Waals surface area (Å²) in [4.78, 5) is 0. The fraction of sp³-hybridized carbons (Fsp3) is 0.538. The summed E-state index contributed by atoms with van der Waals surface area (Å²) in [6.45, 7) is 2.39. The second kappa shape index (κ2) is 4.94. The van der Waals surface area contributed by atoms with Crippen molar-refractivity contribution in [3.63, 3.8) is 0 Å². The lowest BCUT2D eigenvalue weighted by atomic mass is 10.0. The topological polar surface area (TPSA) is 32.3 Å². The standard InChI is InChI=1S/C13H17BrFNO/c1-9-6-11(15)10(14)7-12(9)16-8-13(17)4-2-3-5-13/h6-7,16-17H,2-5,8H2,1H3. The smallest absolute Gasteiger partial charge is 0.137 e. The Morgan fingerprint density at radius 1 is 1.41 bits per heavy atom. The van der Waals surface area contributed by atoms with E-state index in [0.29, 0.717) is 11.0 Å². The molecule has 17 heavy (non-hydrogen) atoms. The van der Waals surface area contributed by atoms with E-state index in [-0.39, 0.29) is 5.82 Å². The Labute approximate surface area is 109 Å². The van der Waals surface area contributed by atoms with Crippen molar-refractivity contribution in [3.8, 4) is 0 Å². The number of rotatable bonds is 3. The Kier molecular flexibility index (Phi) is 3.73. The van der Waals surface area contributed by atoms with E-state index in [2.05, 4.69) is 21.2 Å². The van der Waals surface area contributed by atoms with Gasteiger partial charge in [-0.3, -0.25) is 0 Å². The van der Waals surface area contributed by atoms with Crippen LogP contribution < -0.4 is 5.32 Å². The van der Waals surface area contributed by atoms with Crippen LogP contribution in [0.2, 0.25) is 0 Å². The van der Waals surface area contributed by atoms with Gasteiger partial charge in [0.05, 0.1) is 10.1 Å². The number of anilines is 1. The number of hydrogen-bond acceptors (Lipinski definition) is 2. The highest BCUT2D eigenvalue weighted by Gasteiger charge is 2.30. The van der Waals surface area contributed by atoms with Crippen molar-refractivity contribution in [1.82, 2.24) is 0 Å². The molecule has 0 aliphatic heterocycles. The first-order chi connectivity index (χ1) is 8.00. The molecule has 94 valence electrons. The first kappa shape index (κ1) is 12.8. The highest BCUT2D eigenvalue weighted by atomic mass is 79.9. The Hall–Kier alpha value is -0.610. The third kappa shape index (κ3) is 2.99. The predicted molar refractivity (Wildman–Crippen MR) is 70.7 cm³/mol. The molecular weight excluding hydrogens is 285 g/mol. The zero-order valence-electron chi connectivity index (χ0n) is 9.89. The quantitative estimate of drug-likeness (QED) is 0.894. The van der Waals surface area contributed by atoms with Crippen LogP contribution in [-0.2, 0) is 0 Å². The van der Waals surface area contributed by atoms with Crippen molar-refractivity contribution in [3.05, 3.63) is 28.0 Å². The fourth-order valence-corrected chi connectivity index (χ4v) is 2.65. The van der Waals surface area contributed by atoms with Gasteiger partial charge in [0.1, 0.15) is 5.82 Å². The number of halogens is 2. The lowest BCUT2D eigenvalue weighted by Crippen LogP contribution is -2.33. The largest absolute Gasteiger partial charge is 0.388 e. The van der Waals surface area contributed by atoms with Gasteiger partial charge in [-0.1, -0.05) is 12.8 Å². The van der Waals surface area contributed by atoms with Crippen LogP contribution in [0.1, 0.15) is 31.2 Å². The first-order valence-corrected chi connectivity index (χ1v) is 6.71. The molecule has 1 saturated carbocycles. The van der Waals surface area contributed by atoms with Crippen LogP contribution in [0.3, 0.4) is 0 Å². The molecule has 1 aliphatic rings. The molecule has 0 amide bonds. The van der Waals surface area contributed by atoms with Gasteiger partial charge in [-0.05, 0) is 53.4 Å². The number of benzene rings is 1. The summed E-state index contributed by atoms with van der Waals surface area (Å²) in [6.07, 6.45) is 3.87. The van der Waals surface area contributed by atoms with E-state index in [1.54, 1.807) is 6.07 Å². The van der Waals surface area contributed by atoms with Gasteiger partial charge < -0.3 is 10.4 Å². The molecule has 2 rings (SSSR count). The van der Waals surface area contributed by atoms with E-state index < -0.39 is 5.60 Å². The van der Waals surface area contributed by atoms with Gasteiger partial charge in [0, 0.05) is 12.2 Å². The van der Waals surface area contributed by atoms with E-state index in [4.69, 9.17) is 0 Å². The van der Waals surface area contributed by atoms with Gasteiger partial charge in [-0.15, -0.1) is 0 Å². The molecule has 1 aliphatic carbocycles. The van der Waals surface area contributed by atoms with Gasteiger partial charge in [-0.25, -0.2) is 4.39 Å². The minimum absolute atomic E-state index is 0.257. The molecule has 0 spiro atoms. The third-order valence-electron chi connectivity index (χ3n) is 3.41. The second-order valence-electron chi connectivity index (χ2n) is 4.87. The van der Waals surface area contributed by atoms with E-state index in [1.807, 2.05) is 6.92 Å². The van der Waals surface area contributed by atoms with Crippen molar-refractivity contribution in [2.45, 2.75) is 38.2 Å². The van der Waals surface area contributed by atoms with Gasteiger partial charge in [0.15, 0.2) is 0 Å². The maximum absolute atomic E-state index is 13.3. The van der Waals surface area contributed by atoms with Crippen molar-refractivity contribution in [2.24, 2.45) is 0 Å². The molecule has 0 saturated heterocycles. The van der Waals surface area contributed by atoms with E-state index in [1.165, 1.54) is 6.07 Å². The van der Waals surface area contributed by atoms with Gasteiger partial charge in [-0.2, -0.15) is 0 Å². The van der Waals surface area contributed by atoms with Gasteiger partial charge >= 0.3 is 0 Å². The summed E-state index contributed by atoms with van der Waals surface area (Å²) < 4.78 is 13.7. The average Bonchev–Trinajstić information content (AvgIpc) is 2.69. The Balaban J connectivity index is 2.06. The summed E-state index contributed by atoms with van der Waals surface area (Å²) in [5.41, 5.74) is 1.14. The van der Waals surface area contributed by atoms with Crippen LogP contribution in [0.15, 0.2) is 16.6 Å². The highest BCUT2D eigenvalue weighted by molar-refractivity contribution is 9.10. The normalized spacial score (nSPS) is 18.4. The minimum atomic E-state index is -0.590. The van der Waals surface area contributed by atoms with Crippen LogP contribution >= 0.6 is 15.9 Å². The summed E-state index contributed by atoms with van der Waals surface area (Å²) in [7, 11) is 0. The van der Waals surface area contributed by atoms with E-state index >= 15 is 0 Å². The molecule has 1 fully saturated rings. The molecule has 0 unspecified atom stereocenters. The maximum Gasteiger partial charge on any atom is 0.137 e. The van der Waals surface area contributed by atoms with Crippen LogP contribution in [-0.4, -0.2) is 17.3 Å². The third-order valence-corrected chi connectivity index (χ3v) is 4.02. The lowest BCUT2D eigenvalue weighted by Gasteiger charge is -2.23. The molecule has 0 bridgehead atoms. The zero-order chi connectivity index (χ0) is 12.5. The van der Waals surface area contributed by atoms with Crippen molar-refractivity contribution in [2.75, 3.05) is 11.9 Å². The average molecular weight is 302 g/mol. The van der Waals surface area contributed by atoms with E-state index in [9.17, 15) is 9.50 Å². The lowest BCUT2D eigenvalue weighted by molar-refractivity contribution is 0.0614. The van der Waals surface area contributed by atoms with Crippen LogP contribution in [0.25, 0.3) is 0 Å². The second-order valence-corrected chi connectivity index (χ2v) is 5.72. The van der Waals surface area contributed by atoms with Crippen molar-refractivity contribution >= 4 is 21.6 Å². The molecule has 0 aromatic heterocycles. The number of hydrogen-bond donors (Lipinski definition) is 2. The highest BCUT2D eigenvalue weighted by Crippen LogP contribution is 2.31. The molecule has 0 radical (unpaired) electrons. The summed E-state index contributed by atoms with van der Waals surface area (Å²) >= 11 is 3.17. The SMILES string of the molecule is Cc1cc(F)c(Br)cc1NCC1(O)CCCC1. The van der Waals surface area contributed by atoms with Crippen LogP contribution in [0, 0.1) is 12.7 Å². The predicted octanol–water partition coefficient (Wildman–Crippen LogP) is 3.61. The van der Waals surface area contributed by atoms with Crippen molar-refractivity contribution in [1.29, 1.82) is 0 Å². The minimum Gasteiger partial charge on any atom is -0.388 e. The summed E-state index contributed by atoms with van der Waals surface area (Å²) in [5, 5.41) is 13.4. The summed E-state index contributed by atoms with van der Waals surface area (Å²) in [5.74, 6) is -0.257. The molecule has 0 heterocycles. The van der Waals surface area contributed by atoms with Gasteiger partial charge in [0.25, 0.3) is 0 Å². The first-order valence-electron chi connectivity index (χ1n) is 5.92. The Morgan fingerprint density at radius 2 is 2.06 bits per heavy atom. The molecule has 4 heteroatoms. The van der Waals surface area contributed by atoms with Gasteiger partial charge in [0.2, 0.25) is 0 Å². The Bertz CT molecular complexity index is 416. The van der Waals surface area contributed by atoms with Crippen LogP contribution in [0.5, 0.6) is 0 Å². The molecule has 1 aromatic carbocycles. The molecular formula is C13H17BrFNO. The number of aryl methyl sites for hydroxylation is 1. The zero-order valence-corrected chi connectivity index (χ0v) is 11.5. The molecule has 2 N–H and O–H groups in total. The molecule has 2 nitrogen and oxygen atoms in total. The Morgan fingerprint density at radius 3 is 2.71 bits per heavy atom. The van der Waals surface area contributed by atoms with E-state index in [0.717, 1.165) is 36.9 Å². The number of aliphatic hydroxyl groups is 1. The fourth-order valence-electron chi connectivity index (χ4n) is 2.31. The maximum atomic E-state index is 13.3. The van der Waals surface area contributed by atoms with Crippen LogP contribution in [0.4, 0.5) is 10.1 Å².